The summed E-state index contributed by atoms with van der Waals surface area (Å²) in [6.07, 6.45) is 1.34. The van der Waals surface area contributed by atoms with Crippen LogP contribution in [0.1, 0.15) is 11.1 Å². The second-order valence-electron chi connectivity index (χ2n) is 5.69. The molecule has 2 aromatic rings. The fourth-order valence-electron chi connectivity index (χ4n) is 2.86. The molecule has 2 aromatic carbocycles. The van der Waals surface area contributed by atoms with E-state index >= 15 is 0 Å². The molecule has 2 nitrogen and oxygen atoms in total. The van der Waals surface area contributed by atoms with Gasteiger partial charge in [-0.1, -0.05) is 35.9 Å². The number of nitrogens with two attached hydrogens (primary N) is 1. The molecule has 0 aliphatic carbocycles. The molecule has 2 N–H and O–H groups in total. The highest BCUT2D eigenvalue weighted by Gasteiger charge is 2.35. The lowest BCUT2D eigenvalue weighted by Crippen LogP contribution is -2.43. The Morgan fingerprint density at radius 2 is 2.05 bits per heavy atom. The Kier molecular flexibility index (Phi) is 3.87. The molecule has 1 aliphatic heterocycles. The van der Waals surface area contributed by atoms with E-state index in [9.17, 15) is 4.39 Å². The molecule has 0 saturated carbocycles. The topological polar surface area (TPSA) is 35.2 Å². The predicted molar refractivity (Wildman–Crippen MR) is 82.2 cm³/mol. The predicted octanol–water partition coefficient (Wildman–Crippen LogP) is 3.60. The van der Waals surface area contributed by atoms with Crippen molar-refractivity contribution in [2.75, 3.05) is 13.2 Å². The molecule has 0 aromatic heterocycles. The lowest BCUT2D eigenvalue weighted by atomic mass is 9.75. The number of hydrogen-bond acceptors (Lipinski definition) is 2. The highest BCUT2D eigenvalue weighted by Crippen LogP contribution is 2.36. The zero-order valence-electron chi connectivity index (χ0n) is 11.6. The van der Waals surface area contributed by atoms with Gasteiger partial charge in [-0.15, -0.1) is 0 Å². The van der Waals surface area contributed by atoms with E-state index in [1.807, 2.05) is 24.3 Å². The van der Waals surface area contributed by atoms with Crippen molar-refractivity contribution >= 4 is 11.6 Å². The lowest BCUT2D eigenvalue weighted by molar-refractivity contribution is 0.125. The van der Waals surface area contributed by atoms with Gasteiger partial charge in [-0.2, -0.15) is 0 Å². The maximum atomic E-state index is 14.0. The number of para-hydroxylation sites is 1. The maximum absolute atomic E-state index is 14.0. The molecule has 3 rings (SSSR count). The normalized spacial score (nSPS) is 20.7. The molecule has 0 saturated heterocycles. The molecule has 0 spiro atoms. The third kappa shape index (κ3) is 2.89. The zero-order chi connectivity index (χ0) is 14.9. The van der Waals surface area contributed by atoms with E-state index in [0.29, 0.717) is 30.2 Å². The molecule has 0 amide bonds. The van der Waals surface area contributed by atoms with Crippen LogP contribution in [0.25, 0.3) is 0 Å². The summed E-state index contributed by atoms with van der Waals surface area (Å²) in [6.45, 7) is 0.950. The largest absolute Gasteiger partial charge is 0.493 e. The van der Waals surface area contributed by atoms with Crippen LogP contribution in [-0.2, 0) is 12.8 Å². The van der Waals surface area contributed by atoms with Gasteiger partial charge in [0.1, 0.15) is 11.6 Å². The van der Waals surface area contributed by atoms with Crippen molar-refractivity contribution in [3.63, 3.8) is 0 Å². The Labute approximate surface area is 128 Å². The fourth-order valence-corrected chi connectivity index (χ4v) is 3.02. The van der Waals surface area contributed by atoms with E-state index in [1.54, 1.807) is 12.1 Å². The Morgan fingerprint density at radius 3 is 2.81 bits per heavy atom. The average Bonchev–Trinajstić information content (AvgIpc) is 2.50. The quantitative estimate of drug-likeness (QED) is 0.940. The SMILES string of the molecule is NCC1(Cc2ccc(Cl)cc2F)COc2ccccc2C1. The van der Waals surface area contributed by atoms with E-state index in [-0.39, 0.29) is 11.2 Å². The van der Waals surface area contributed by atoms with E-state index in [4.69, 9.17) is 22.1 Å². The maximum Gasteiger partial charge on any atom is 0.127 e. The lowest BCUT2D eigenvalue weighted by Gasteiger charge is -2.37. The number of halogens is 2. The average molecular weight is 306 g/mol. The summed E-state index contributed by atoms with van der Waals surface area (Å²) in [6, 6.07) is 12.7. The van der Waals surface area contributed by atoms with Crippen LogP contribution in [0.5, 0.6) is 5.75 Å². The van der Waals surface area contributed by atoms with Crippen molar-refractivity contribution in [3.05, 3.63) is 64.4 Å². The molecule has 1 aliphatic rings. The molecule has 4 heteroatoms. The number of rotatable bonds is 3. The molecular formula is C17H17ClFNO. The summed E-state index contributed by atoms with van der Waals surface area (Å²) in [7, 11) is 0. The number of fused-ring (bicyclic) bond motifs is 1. The Hall–Kier alpha value is -1.58. The molecule has 0 radical (unpaired) electrons. The minimum atomic E-state index is -0.283. The smallest absolute Gasteiger partial charge is 0.127 e. The number of benzene rings is 2. The zero-order valence-corrected chi connectivity index (χ0v) is 12.4. The van der Waals surface area contributed by atoms with Gasteiger partial charge in [-0.3, -0.25) is 0 Å². The first kappa shape index (κ1) is 14.4. The van der Waals surface area contributed by atoms with Crippen LogP contribution >= 0.6 is 11.6 Å². The number of hydrogen-bond donors (Lipinski definition) is 1. The second-order valence-corrected chi connectivity index (χ2v) is 6.13. The summed E-state index contributed by atoms with van der Waals surface area (Å²) in [5.74, 6) is 0.618. The first-order chi connectivity index (χ1) is 10.1. The summed E-state index contributed by atoms with van der Waals surface area (Å²) < 4.78 is 19.9. The summed E-state index contributed by atoms with van der Waals surface area (Å²) in [4.78, 5) is 0. The van der Waals surface area contributed by atoms with Crippen LogP contribution in [0.4, 0.5) is 4.39 Å². The summed E-state index contributed by atoms with van der Waals surface area (Å²) >= 11 is 5.81. The minimum absolute atomic E-state index is 0.275. The van der Waals surface area contributed by atoms with Crippen molar-refractivity contribution < 1.29 is 9.13 Å². The van der Waals surface area contributed by atoms with Gasteiger partial charge >= 0.3 is 0 Å². The monoisotopic (exact) mass is 305 g/mol. The van der Waals surface area contributed by atoms with Crippen LogP contribution in [-0.4, -0.2) is 13.2 Å². The van der Waals surface area contributed by atoms with Gasteiger partial charge in [-0.05, 0) is 42.2 Å². The fraction of sp³-hybridized carbons (Fsp3) is 0.294. The van der Waals surface area contributed by atoms with E-state index in [1.165, 1.54) is 6.07 Å². The van der Waals surface area contributed by atoms with Gasteiger partial charge in [0.25, 0.3) is 0 Å². The Morgan fingerprint density at radius 1 is 1.24 bits per heavy atom. The van der Waals surface area contributed by atoms with Crippen LogP contribution in [0.15, 0.2) is 42.5 Å². The van der Waals surface area contributed by atoms with Crippen molar-refractivity contribution in [2.45, 2.75) is 12.8 Å². The van der Waals surface area contributed by atoms with Crippen molar-refractivity contribution in [1.29, 1.82) is 0 Å². The molecule has 110 valence electrons. The molecule has 0 fully saturated rings. The van der Waals surface area contributed by atoms with E-state index < -0.39 is 0 Å². The van der Waals surface area contributed by atoms with Crippen molar-refractivity contribution in [3.8, 4) is 5.75 Å². The molecule has 0 bridgehead atoms. The first-order valence-corrected chi connectivity index (χ1v) is 7.34. The van der Waals surface area contributed by atoms with Crippen LogP contribution in [0.2, 0.25) is 5.02 Å². The summed E-state index contributed by atoms with van der Waals surface area (Å²) in [5, 5.41) is 0.406. The molecule has 1 unspecified atom stereocenters. The van der Waals surface area contributed by atoms with Crippen LogP contribution in [0.3, 0.4) is 0 Å². The molecule has 1 heterocycles. The molecule has 21 heavy (non-hydrogen) atoms. The standard InChI is InChI=1S/C17H17ClFNO/c18-14-6-5-12(15(19)7-14)8-17(10-20)9-13-3-1-2-4-16(13)21-11-17/h1-7H,8-11,20H2. The van der Waals surface area contributed by atoms with Gasteiger partial charge in [0.05, 0.1) is 6.61 Å². The van der Waals surface area contributed by atoms with Gasteiger partial charge in [-0.25, -0.2) is 4.39 Å². The van der Waals surface area contributed by atoms with Gasteiger partial charge in [0, 0.05) is 17.0 Å². The third-order valence-corrected chi connectivity index (χ3v) is 4.32. The minimum Gasteiger partial charge on any atom is -0.493 e. The van der Waals surface area contributed by atoms with Crippen molar-refractivity contribution in [2.24, 2.45) is 11.1 Å². The van der Waals surface area contributed by atoms with Gasteiger partial charge in [0.2, 0.25) is 0 Å². The van der Waals surface area contributed by atoms with Crippen LogP contribution < -0.4 is 10.5 Å². The van der Waals surface area contributed by atoms with Crippen molar-refractivity contribution in [1.82, 2.24) is 0 Å². The summed E-state index contributed by atoms with van der Waals surface area (Å²) in [5.41, 5.74) is 7.48. The first-order valence-electron chi connectivity index (χ1n) is 6.97. The highest BCUT2D eigenvalue weighted by atomic mass is 35.5. The van der Waals surface area contributed by atoms with Gasteiger partial charge in [0.15, 0.2) is 0 Å². The van der Waals surface area contributed by atoms with E-state index in [0.717, 1.165) is 17.7 Å². The molecule has 1 atom stereocenters. The van der Waals surface area contributed by atoms with Gasteiger partial charge < -0.3 is 10.5 Å². The third-order valence-electron chi connectivity index (χ3n) is 4.09. The number of ether oxygens (including phenoxy) is 1. The second kappa shape index (κ2) is 5.66. The molecular weight excluding hydrogens is 289 g/mol. The highest BCUT2D eigenvalue weighted by molar-refractivity contribution is 6.30. The van der Waals surface area contributed by atoms with Crippen LogP contribution in [0, 0.1) is 11.2 Å². The van der Waals surface area contributed by atoms with E-state index in [2.05, 4.69) is 0 Å². The Balaban J connectivity index is 1.88. The Bertz CT molecular complexity index is 661.